The zero-order valence-electron chi connectivity index (χ0n) is 36.3. The second kappa shape index (κ2) is 14.8. The molecule has 0 amide bonds. The Hall–Kier alpha value is -8.87. The Bertz CT molecular complexity index is 3690. The Labute approximate surface area is 388 Å². The zero-order valence-corrected chi connectivity index (χ0v) is 36.3. The van der Waals surface area contributed by atoms with Gasteiger partial charge in [-0.25, -0.2) is 15.0 Å². The van der Waals surface area contributed by atoms with E-state index in [1.165, 1.54) is 70.9 Å². The van der Waals surface area contributed by atoms with E-state index < -0.39 is 0 Å². The van der Waals surface area contributed by atoms with E-state index in [1.807, 2.05) is 36.4 Å². The number of rotatable bonds is 5. The van der Waals surface area contributed by atoms with Gasteiger partial charge in [0.05, 0.1) is 0 Å². The summed E-state index contributed by atoms with van der Waals surface area (Å²) in [5.74, 6) is 1.86. The molecule has 12 aromatic rings. The van der Waals surface area contributed by atoms with Gasteiger partial charge in [-0.15, -0.1) is 0 Å². The Morgan fingerprint density at radius 1 is 0.299 bits per heavy atom. The molecule has 0 fully saturated rings. The van der Waals surface area contributed by atoms with Crippen LogP contribution in [0.15, 0.2) is 231 Å². The van der Waals surface area contributed by atoms with E-state index in [-0.39, 0.29) is 6.71 Å². The fraction of sp³-hybridized carbons (Fsp3) is 0. The topological polar surface area (TPSA) is 45.2 Å². The molecule has 0 bridgehead atoms. The molecule has 5 nitrogen and oxygen atoms in total. The van der Waals surface area contributed by atoms with Gasteiger partial charge in [-0.05, 0) is 109 Å². The molecule has 14 rings (SSSR count). The summed E-state index contributed by atoms with van der Waals surface area (Å²) < 4.78 is 0. The van der Waals surface area contributed by atoms with Crippen LogP contribution in [0.4, 0.5) is 34.1 Å². The monoisotopic (exact) mass is 851 g/mol. The van der Waals surface area contributed by atoms with Gasteiger partial charge in [0.15, 0.2) is 17.5 Å². The Kier molecular flexibility index (Phi) is 8.31. The van der Waals surface area contributed by atoms with Gasteiger partial charge in [0.1, 0.15) is 0 Å². The maximum Gasteiger partial charge on any atom is 0.252 e. The number of hydrogen-bond donors (Lipinski definition) is 0. The smallest absolute Gasteiger partial charge is 0.252 e. The van der Waals surface area contributed by atoms with E-state index in [1.54, 1.807) is 0 Å². The van der Waals surface area contributed by atoms with Crippen molar-refractivity contribution in [2.24, 2.45) is 0 Å². The van der Waals surface area contributed by atoms with Crippen molar-refractivity contribution in [1.29, 1.82) is 0 Å². The molecule has 0 spiro atoms. The lowest BCUT2D eigenvalue weighted by molar-refractivity contribution is 1.07. The average Bonchev–Trinajstić information content (AvgIpc) is 3.40. The lowest BCUT2D eigenvalue weighted by Crippen LogP contribution is -2.61. The molecule has 0 unspecified atom stereocenters. The summed E-state index contributed by atoms with van der Waals surface area (Å²) in [5, 5.41) is 9.66. The highest BCUT2D eigenvalue weighted by atomic mass is 15.2. The first kappa shape index (κ1) is 37.5. The van der Waals surface area contributed by atoms with Crippen molar-refractivity contribution in [3.63, 3.8) is 0 Å². The highest BCUT2D eigenvalue weighted by Crippen LogP contribution is 2.49. The van der Waals surface area contributed by atoms with Gasteiger partial charge in [0.2, 0.25) is 0 Å². The third-order valence-electron chi connectivity index (χ3n) is 13.7. The molecule has 0 atom stereocenters. The van der Waals surface area contributed by atoms with Gasteiger partial charge >= 0.3 is 0 Å². The lowest BCUT2D eigenvalue weighted by atomic mass is 9.33. The number of para-hydroxylation sites is 2. The van der Waals surface area contributed by atoms with Gasteiger partial charge in [-0.1, -0.05) is 170 Å². The quantitative estimate of drug-likeness (QED) is 0.127. The van der Waals surface area contributed by atoms with Crippen LogP contribution < -0.4 is 26.2 Å². The van der Waals surface area contributed by atoms with Crippen LogP contribution >= 0.6 is 0 Å². The molecule has 0 N–H and O–H groups in total. The van der Waals surface area contributed by atoms with Gasteiger partial charge < -0.3 is 9.80 Å². The molecule has 1 aromatic heterocycles. The predicted molar refractivity (Wildman–Crippen MR) is 280 cm³/mol. The summed E-state index contributed by atoms with van der Waals surface area (Å²) in [6.07, 6.45) is 0. The standard InChI is InChI=1S/C61H38BN5/c1-5-17-39(18-6-1)59-63-60(40-19-7-2-8-20-40)65-61(64-59)47-37-54-56-55(38-47)67(49-27-11-4-12-28-49)58-51-36-44-24-16-14-22-42(44)34-46(51)30-32-53(58)62(56)52-31-29-45-33-41-21-13-15-23-43(41)35-50(45)57(52)66(54)48-25-9-3-10-26-48/h1-38H. The third-order valence-corrected chi connectivity index (χ3v) is 13.7. The van der Waals surface area contributed by atoms with Gasteiger partial charge in [0.25, 0.3) is 6.71 Å². The lowest BCUT2D eigenvalue weighted by Gasteiger charge is -2.45. The minimum Gasteiger partial charge on any atom is -0.311 e. The first-order chi connectivity index (χ1) is 33.2. The van der Waals surface area contributed by atoms with Crippen LogP contribution in [0.5, 0.6) is 0 Å². The minimum absolute atomic E-state index is 0.103. The normalized spacial score (nSPS) is 12.7. The maximum atomic E-state index is 5.35. The summed E-state index contributed by atoms with van der Waals surface area (Å²) in [6.45, 7) is -0.103. The molecule has 0 saturated heterocycles. The van der Waals surface area contributed by atoms with Crippen LogP contribution in [0.1, 0.15) is 0 Å². The molecule has 0 saturated carbocycles. The van der Waals surface area contributed by atoms with E-state index in [4.69, 9.17) is 15.0 Å². The minimum atomic E-state index is -0.103. The Morgan fingerprint density at radius 2 is 0.657 bits per heavy atom. The van der Waals surface area contributed by atoms with Gasteiger partial charge in [-0.2, -0.15) is 0 Å². The SMILES string of the molecule is c1ccc(-c2nc(-c3ccccc3)nc(-c3cc4c5c(c3)N(c3ccccc3)c3c(ccc6cc7ccccc7cc36)B5c3ccc5cc6ccccc6cc5c3N4c3ccccc3)n2)cc1. The van der Waals surface area contributed by atoms with E-state index in [0.717, 1.165) is 39.4 Å². The van der Waals surface area contributed by atoms with Gasteiger partial charge in [-0.3, -0.25) is 0 Å². The second-order valence-electron chi connectivity index (χ2n) is 17.6. The fourth-order valence-electron chi connectivity index (χ4n) is 10.8. The summed E-state index contributed by atoms with van der Waals surface area (Å²) in [4.78, 5) is 20.8. The van der Waals surface area contributed by atoms with Crippen molar-refractivity contribution < 1.29 is 0 Å². The first-order valence-corrected chi connectivity index (χ1v) is 22.9. The van der Waals surface area contributed by atoms with Crippen LogP contribution in [0.25, 0.3) is 77.3 Å². The van der Waals surface area contributed by atoms with Crippen molar-refractivity contribution in [2.45, 2.75) is 0 Å². The molecule has 2 aliphatic heterocycles. The van der Waals surface area contributed by atoms with Crippen LogP contribution in [0, 0.1) is 0 Å². The maximum absolute atomic E-state index is 5.35. The van der Waals surface area contributed by atoms with Crippen LogP contribution in [0.2, 0.25) is 0 Å². The predicted octanol–water partition coefficient (Wildman–Crippen LogP) is 13.6. The van der Waals surface area contributed by atoms with E-state index >= 15 is 0 Å². The number of fused-ring (bicyclic) bond motifs is 10. The highest BCUT2D eigenvalue weighted by Gasteiger charge is 2.45. The van der Waals surface area contributed by atoms with Crippen LogP contribution in [-0.2, 0) is 0 Å². The van der Waals surface area contributed by atoms with Crippen molar-refractivity contribution in [3.8, 4) is 34.2 Å². The van der Waals surface area contributed by atoms with Crippen LogP contribution in [0.3, 0.4) is 0 Å². The zero-order chi connectivity index (χ0) is 44.0. The molecule has 67 heavy (non-hydrogen) atoms. The first-order valence-electron chi connectivity index (χ1n) is 22.9. The summed E-state index contributed by atoms with van der Waals surface area (Å²) in [5.41, 5.74) is 13.2. The molecule has 3 heterocycles. The number of anilines is 6. The summed E-state index contributed by atoms with van der Waals surface area (Å²) in [7, 11) is 0. The molecule has 310 valence electrons. The number of hydrogen-bond acceptors (Lipinski definition) is 5. The number of nitrogens with zero attached hydrogens (tertiary/aromatic N) is 5. The number of aromatic nitrogens is 3. The van der Waals surface area contributed by atoms with E-state index in [0.29, 0.717) is 17.5 Å². The largest absolute Gasteiger partial charge is 0.311 e. The molecule has 0 radical (unpaired) electrons. The molecule has 0 aliphatic carbocycles. The van der Waals surface area contributed by atoms with E-state index in [2.05, 4.69) is 204 Å². The molecule has 11 aromatic carbocycles. The molecular weight excluding hydrogens is 814 g/mol. The summed E-state index contributed by atoms with van der Waals surface area (Å²) >= 11 is 0. The van der Waals surface area contributed by atoms with Crippen molar-refractivity contribution in [1.82, 2.24) is 15.0 Å². The van der Waals surface area contributed by atoms with Gasteiger partial charge in [0, 0.05) is 61.6 Å². The number of benzene rings is 11. The molecule has 6 heteroatoms. The van der Waals surface area contributed by atoms with E-state index in [9.17, 15) is 0 Å². The third kappa shape index (κ3) is 5.93. The average molecular weight is 852 g/mol. The Balaban J connectivity index is 1.15. The van der Waals surface area contributed by atoms with Crippen molar-refractivity contribution in [3.05, 3.63) is 231 Å². The van der Waals surface area contributed by atoms with Crippen molar-refractivity contribution in [2.75, 3.05) is 9.80 Å². The molecular formula is C61H38BN5. The van der Waals surface area contributed by atoms with Crippen molar-refractivity contribution >= 4 is 100 Å². The van der Waals surface area contributed by atoms with Crippen LogP contribution in [-0.4, -0.2) is 21.7 Å². The molecule has 2 aliphatic rings. The fourth-order valence-corrected chi connectivity index (χ4v) is 10.8. The Morgan fingerprint density at radius 3 is 1.07 bits per heavy atom. The summed E-state index contributed by atoms with van der Waals surface area (Å²) in [6, 6.07) is 83.2. The second-order valence-corrected chi connectivity index (χ2v) is 17.6. The highest BCUT2D eigenvalue weighted by molar-refractivity contribution is 7.00.